The molecule has 0 heteroatoms. The van der Waals surface area contributed by atoms with Gasteiger partial charge in [-0.1, -0.05) is 146 Å². The fourth-order valence-electron chi connectivity index (χ4n) is 13.1. The Kier molecular flexibility index (Phi) is 6.41. The van der Waals surface area contributed by atoms with Gasteiger partial charge in [0.1, 0.15) is 0 Å². The average molecular weight is 811 g/mol. The van der Waals surface area contributed by atoms with Crippen LogP contribution in [0.15, 0.2) is 146 Å². The smallest absolute Gasteiger partial charge is 0.00137 e. The summed E-state index contributed by atoms with van der Waals surface area (Å²) in [6.45, 7) is 13.7. The van der Waals surface area contributed by atoms with Crippen LogP contribution in [-0.2, 0) is 0 Å². The van der Waals surface area contributed by atoms with Crippen molar-refractivity contribution in [2.24, 2.45) is 0 Å². The van der Waals surface area contributed by atoms with E-state index in [0.29, 0.717) is 0 Å². The summed E-state index contributed by atoms with van der Waals surface area (Å²) >= 11 is 0. The summed E-state index contributed by atoms with van der Waals surface area (Å²) in [7, 11) is 0. The maximum absolute atomic E-state index is 2.45. The third kappa shape index (κ3) is 4.03. The minimum absolute atomic E-state index is 1.28. The van der Waals surface area contributed by atoms with Crippen LogP contribution in [-0.4, -0.2) is 0 Å². The molecule has 0 aliphatic carbocycles. The van der Waals surface area contributed by atoms with Gasteiger partial charge in [0.25, 0.3) is 0 Å². The molecule has 0 N–H and O–H groups in total. The van der Waals surface area contributed by atoms with Gasteiger partial charge in [-0.05, 0) is 226 Å². The highest BCUT2D eigenvalue weighted by Crippen LogP contribution is 2.54. The Balaban J connectivity index is 1.02. The first kappa shape index (κ1) is 35.0. The second kappa shape index (κ2) is 11.7. The summed E-state index contributed by atoms with van der Waals surface area (Å²) in [5, 5.41) is 32.9. The first-order chi connectivity index (χ1) is 31.3. The van der Waals surface area contributed by atoms with E-state index in [1.807, 2.05) is 0 Å². The van der Waals surface area contributed by atoms with Gasteiger partial charge in [-0.25, -0.2) is 0 Å². The SMILES string of the molecule is Cc1ccc(-c2ccc3c4ccc5c6c(C)c7c8ccc9c%10ccc(-c%11ccc(C)c(C)c%11)c%11cccc(c%12ccc(c7c(C)c6c6ccc(c7cccc2c73)c4c65)c8c%129)c%11%10)cc1C. The van der Waals surface area contributed by atoms with Crippen LogP contribution in [0, 0.1) is 41.5 Å². The molecule has 0 saturated carbocycles. The van der Waals surface area contributed by atoms with Crippen LogP contribution in [0.3, 0.4) is 0 Å². The number of benzene rings is 13. The van der Waals surface area contributed by atoms with Crippen molar-refractivity contribution < 1.29 is 0 Å². The summed E-state index contributed by atoms with van der Waals surface area (Å²) in [6, 6.07) is 56.8. The van der Waals surface area contributed by atoms with Gasteiger partial charge < -0.3 is 0 Å². The van der Waals surface area contributed by atoms with Gasteiger partial charge in [0.05, 0.1) is 0 Å². The molecule has 298 valence electrons. The highest BCUT2D eigenvalue weighted by molar-refractivity contribution is 6.47. The van der Waals surface area contributed by atoms with E-state index in [2.05, 4.69) is 187 Å². The molecule has 0 aromatic heterocycles. The third-order valence-corrected chi connectivity index (χ3v) is 16.3. The topological polar surface area (TPSA) is 0 Å². The second-order valence-electron chi connectivity index (χ2n) is 19.3. The maximum atomic E-state index is 2.45. The zero-order valence-electron chi connectivity index (χ0n) is 36.9. The molecule has 15 rings (SSSR count). The highest BCUT2D eigenvalue weighted by atomic mass is 14.3. The summed E-state index contributed by atoms with van der Waals surface area (Å²) < 4.78 is 0. The lowest BCUT2D eigenvalue weighted by Crippen LogP contribution is -1.90. The Morgan fingerprint density at radius 2 is 0.484 bits per heavy atom. The van der Waals surface area contributed by atoms with Crippen molar-refractivity contribution in [1.82, 2.24) is 0 Å². The molecule has 0 nitrogen and oxygen atoms in total. The van der Waals surface area contributed by atoms with Gasteiger partial charge in [0.15, 0.2) is 0 Å². The van der Waals surface area contributed by atoms with E-state index in [0.717, 1.165) is 0 Å². The molecule has 0 fully saturated rings. The van der Waals surface area contributed by atoms with Crippen LogP contribution < -0.4 is 0 Å². The molecule has 0 unspecified atom stereocenters. The summed E-state index contributed by atoms with van der Waals surface area (Å²) in [5.74, 6) is 0. The molecule has 0 radical (unpaired) electrons. The first-order valence-corrected chi connectivity index (χ1v) is 22.9. The fourth-order valence-corrected chi connectivity index (χ4v) is 13.1. The van der Waals surface area contributed by atoms with Crippen LogP contribution >= 0.6 is 0 Å². The van der Waals surface area contributed by atoms with Crippen molar-refractivity contribution >= 4 is 129 Å². The van der Waals surface area contributed by atoms with Crippen molar-refractivity contribution in [2.75, 3.05) is 0 Å². The van der Waals surface area contributed by atoms with E-state index in [4.69, 9.17) is 0 Å². The molecule has 0 atom stereocenters. The summed E-state index contributed by atoms with van der Waals surface area (Å²) in [5.41, 5.74) is 13.3. The van der Waals surface area contributed by atoms with E-state index in [-0.39, 0.29) is 0 Å². The van der Waals surface area contributed by atoms with Crippen LogP contribution in [0.2, 0.25) is 0 Å². The molecule has 0 aliphatic rings. The number of hydrogen-bond acceptors (Lipinski definition) is 0. The Labute approximate surface area is 370 Å². The summed E-state index contributed by atoms with van der Waals surface area (Å²) in [4.78, 5) is 0. The molecule has 64 heavy (non-hydrogen) atoms. The Bertz CT molecular complexity index is 4130. The van der Waals surface area contributed by atoms with Crippen molar-refractivity contribution in [3.63, 3.8) is 0 Å². The maximum Gasteiger partial charge on any atom is -0.00137 e. The zero-order valence-corrected chi connectivity index (χ0v) is 36.9. The molecule has 0 saturated heterocycles. The van der Waals surface area contributed by atoms with Crippen molar-refractivity contribution in [1.29, 1.82) is 0 Å². The predicted molar refractivity (Wildman–Crippen MR) is 281 cm³/mol. The monoisotopic (exact) mass is 810 g/mol. The lowest BCUT2D eigenvalue weighted by atomic mass is 9.86. The molecule has 0 bridgehead atoms. The van der Waals surface area contributed by atoms with E-state index in [1.54, 1.807) is 0 Å². The van der Waals surface area contributed by atoms with Crippen LogP contribution in [0.4, 0.5) is 0 Å². The number of hydrogen-bond donors (Lipinski definition) is 0. The minimum Gasteiger partial charge on any atom is -0.0610 e. The normalized spacial score (nSPS) is 12.8. The van der Waals surface area contributed by atoms with Gasteiger partial charge in [-0.3, -0.25) is 0 Å². The third-order valence-electron chi connectivity index (χ3n) is 16.3. The Morgan fingerprint density at radius 1 is 0.203 bits per heavy atom. The van der Waals surface area contributed by atoms with Crippen molar-refractivity contribution in [3.8, 4) is 22.3 Å². The van der Waals surface area contributed by atoms with Gasteiger partial charge in [0, 0.05) is 0 Å². The Hall–Kier alpha value is -7.54. The molecule has 15 aromatic carbocycles. The van der Waals surface area contributed by atoms with Crippen molar-refractivity contribution in [2.45, 2.75) is 41.5 Å². The van der Waals surface area contributed by atoms with Gasteiger partial charge in [-0.15, -0.1) is 0 Å². The van der Waals surface area contributed by atoms with Gasteiger partial charge >= 0.3 is 0 Å². The van der Waals surface area contributed by atoms with Gasteiger partial charge in [0.2, 0.25) is 0 Å². The lowest BCUT2D eigenvalue weighted by Gasteiger charge is -2.17. The molecular formula is C64H42. The standard InChI is InChI=1S/C64H42/c1-31-13-15-37(29-33(31)3)39-17-19-45-49-23-27-53-57-36(6)58-54-28-24-50-46-20-18-40(38-16-14-32(2)34(4)30-38)42-10-8-12-44(60(42)46)48-22-26-52(64(54)62(48)50)56(58)35(5)55(57)51-25-21-47(61(49)63(51)53)43-11-7-9-41(39)59(43)45/h7-30H,1-6H3. The summed E-state index contributed by atoms with van der Waals surface area (Å²) in [6.07, 6.45) is 0. The van der Waals surface area contributed by atoms with Gasteiger partial charge in [-0.2, -0.15) is 0 Å². The van der Waals surface area contributed by atoms with E-state index in [1.165, 1.54) is 185 Å². The predicted octanol–water partition coefficient (Wildman–Crippen LogP) is 18.5. The molecule has 0 aliphatic heterocycles. The molecule has 0 amide bonds. The van der Waals surface area contributed by atoms with E-state index >= 15 is 0 Å². The number of aryl methyl sites for hydroxylation is 6. The quantitative estimate of drug-likeness (QED) is 0.121. The number of rotatable bonds is 2. The number of fused-ring (bicyclic) bond motifs is 10. The zero-order chi connectivity index (χ0) is 42.6. The second-order valence-corrected chi connectivity index (χ2v) is 19.3. The van der Waals surface area contributed by atoms with Crippen LogP contribution in [0.25, 0.3) is 152 Å². The largest absolute Gasteiger partial charge is 0.0610 e. The average Bonchev–Trinajstić information content (AvgIpc) is 3.85. The Morgan fingerprint density at radius 3 is 0.844 bits per heavy atom. The minimum atomic E-state index is 1.28. The molecular weight excluding hydrogens is 769 g/mol. The lowest BCUT2D eigenvalue weighted by molar-refractivity contribution is 1.34. The highest BCUT2D eigenvalue weighted by Gasteiger charge is 2.27. The van der Waals surface area contributed by atoms with Crippen LogP contribution in [0.5, 0.6) is 0 Å². The fraction of sp³-hybridized carbons (Fsp3) is 0.0938. The van der Waals surface area contributed by atoms with E-state index in [9.17, 15) is 0 Å². The van der Waals surface area contributed by atoms with Crippen molar-refractivity contribution in [3.05, 3.63) is 179 Å². The molecule has 15 aromatic rings. The first-order valence-electron chi connectivity index (χ1n) is 22.9. The molecule has 0 heterocycles. The molecule has 0 spiro atoms. The van der Waals surface area contributed by atoms with E-state index < -0.39 is 0 Å². The van der Waals surface area contributed by atoms with Crippen LogP contribution in [0.1, 0.15) is 33.4 Å².